The van der Waals surface area contributed by atoms with Crippen molar-refractivity contribution in [2.75, 3.05) is 32.8 Å². The summed E-state index contributed by atoms with van der Waals surface area (Å²) in [7, 11) is 0. The van der Waals surface area contributed by atoms with Crippen LogP contribution in [0, 0.1) is 13.8 Å². The Morgan fingerprint density at radius 3 is 2.33 bits per heavy atom. The molecular formula is C23H28N2O4S. The summed E-state index contributed by atoms with van der Waals surface area (Å²) in [6, 6.07) is 12.1. The van der Waals surface area contributed by atoms with Gasteiger partial charge < -0.3 is 9.64 Å². The molecule has 0 bridgehead atoms. The lowest BCUT2D eigenvalue weighted by Gasteiger charge is -2.34. The van der Waals surface area contributed by atoms with Crippen molar-refractivity contribution in [2.45, 2.75) is 33.2 Å². The SMILES string of the molecule is Cc1cc(C(=O)CCC(=O)OCC(=O)N2CCN(Cc3ccccc3)CC2)c(C)s1. The second-order valence-corrected chi connectivity index (χ2v) is 9.01. The average Bonchev–Trinajstić information content (AvgIpc) is 3.09. The summed E-state index contributed by atoms with van der Waals surface area (Å²) >= 11 is 1.57. The zero-order valence-corrected chi connectivity index (χ0v) is 18.4. The number of hydrogen-bond donors (Lipinski definition) is 0. The van der Waals surface area contributed by atoms with Crippen molar-refractivity contribution in [3.8, 4) is 0 Å². The first-order valence-electron chi connectivity index (χ1n) is 10.2. The van der Waals surface area contributed by atoms with Crippen molar-refractivity contribution < 1.29 is 19.1 Å². The molecule has 7 heteroatoms. The van der Waals surface area contributed by atoms with E-state index in [0.29, 0.717) is 18.7 Å². The van der Waals surface area contributed by atoms with Crippen molar-refractivity contribution in [2.24, 2.45) is 0 Å². The predicted octanol–water partition coefficient (Wildman–Crippen LogP) is 3.22. The van der Waals surface area contributed by atoms with Gasteiger partial charge in [0.2, 0.25) is 0 Å². The molecule has 0 saturated carbocycles. The fourth-order valence-electron chi connectivity index (χ4n) is 3.56. The molecule has 2 heterocycles. The number of nitrogens with zero attached hydrogens (tertiary/aromatic N) is 2. The molecule has 0 spiro atoms. The number of hydrogen-bond acceptors (Lipinski definition) is 6. The maximum atomic E-state index is 12.3. The molecule has 1 aromatic carbocycles. The number of ketones is 1. The minimum Gasteiger partial charge on any atom is -0.456 e. The van der Waals surface area contributed by atoms with Crippen LogP contribution in [0.1, 0.15) is 38.5 Å². The lowest BCUT2D eigenvalue weighted by molar-refractivity contribution is -0.152. The lowest BCUT2D eigenvalue weighted by atomic mass is 10.1. The topological polar surface area (TPSA) is 66.9 Å². The van der Waals surface area contributed by atoms with Crippen molar-refractivity contribution >= 4 is 29.0 Å². The highest BCUT2D eigenvalue weighted by Gasteiger charge is 2.22. The number of carbonyl (C=O) groups excluding carboxylic acids is 3. The predicted molar refractivity (Wildman–Crippen MR) is 117 cm³/mol. The number of carbonyl (C=O) groups is 3. The van der Waals surface area contributed by atoms with E-state index in [2.05, 4.69) is 17.0 Å². The fraction of sp³-hybridized carbons (Fsp3) is 0.435. The molecule has 30 heavy (non-hydrogen) atoms. The highest BCUT2D eigenvalue weighted by Crippen LogP contribution is 2.22. The third-order valence-corrected chi connectivity index (χ3v) is 6.19. The molecule has 1 aliphatic rings. The van der Waals surface area contributed by atoms with E-state index in [1.165, 1.54) is 5.56 Å². The molecule has 0 aliphatic carbocycles. The van der Waals surface area contributed by atoms with Crippen molar-refractivity contribution in [1.82, 2.24) is 9.80 Å². The summed E-state index contributed by atoms with van der Waals surface area (Å²) in [4.78, 5) is 42.6. The van der Waals surface area contributed by atoms with Crippen LogP contribution in [0.2, 0.25) is 0 Å². The number of rotatable bonds is 8. The number of ether oxygens (including phenoxy) is 1. The zero-order chi connectivity index (χ0) is 21.5. The van der Waals surface area contributed by atoms with Crippen LogP contribution in [0.3, 0.4) is 0 Å². The molecule has 0 radical (unpaired) electrons. The van der Waals surface area contributed by atoms with Gasteiger partial charge in [-0.05, 0) is 25.5 Å². The number of esters is 1. The number of piperazine rings is 1. The van der Waals surface area contributed by atoms with Gasteiger partial charge in [-0.2, -0.15) is 0 Å². The first-order chi connectivity index (χ1) is 14.4. The van der Waals surface area contributed by atoms with E-state index in [-0.39, 0.29) is 31.1 Å². The van der Waals surface area contributed by atoms with Gasteiger partial charge in [0.15, 0.2) is 12.4 Å². The normalized spacial score (nSPS) is 14.5. The number of amides is 1. The van der Waals surface area contributed by atoms with Gasteiger partial charge in [-0.15, -0.1) is 11.3 Å². The number of Topliss-reactive ketones (excluding diaryl/α,β-unsaturated/α-hetero) is 1. The quantitative estimate of drug-likeness (QED) is 0.477. The minimum absolute atomic E-state index is 0.00863. The molecule has 1 fully saturated rings. The second kappa shape index (κ2) is 10.5. The maximum absolute atomic E-state index is 12.3. The molecule has 3 rings (SSSR count). The molecule has 1 aliphatic heterocycles. The summed E-state index contributed by atoms with van der Waals surface area (Å²) in [5.74, 6) is -0.753. The summed E-state index contributed by atoms with van der Waals surface area (Å²) in [5.41, 5.74) is 1.93. The fourth-order valence-corrected chi connectivity index (χ4v) is 4.50. The highest BCUT2D eigenvalue weighted by atomic mass is 32.1. The molecule has 1 saturated heterocycles. The lowest BCUT2D eigenvalue weighted by Crippen LogP contribution is -2.49. The maximum Gasteiger partial charge on any atom is 0.306 e. The largest absolute Gasteiger partial charge is 0.456 e. The summed E-state index contributed by atoms with van der Waals surface area (Å²) in [6.07, 6.45) is 0.0908. The van der Waals surface area contributed by atoms with Crippen LogP contribution in [0.5, 0.6) is 0 Å². The Balaban J connectivity index is 1.35. The number of benzene rings is 1. The van der Waals surface area contributed by atoms with Crippen LogP contribution < -0.4 is 0 Å². The molecule has 1 aromatic heterocycles. The smallest absolute Gasteiger partial charge is 0.306 e. The summed E-state index contributed by atoms with van der Waals surface area (Å²) in [6.45, 7) is 7.30. The van der Waals surface area contributed by atoms with E-state index in [1.54, 1.807) is 16.2 Å². The van der Waals surface area contributed by atoms with Crippen molar-refractivity contribution in [1.29, 1.82) is 0 Å². The van der Waals surface area contributed by atoms with E-state index < -0.39 is 5.97 Å². The van der Waals surface area contributed by atoms with Gasteiger partial charge in [0.1, 0.15) is 0 Å². The van der Waals surface area contributed by atoms with E-state index in [4.69, 9.17) is 4.74 Å². The monoisotopic (exact) mass is 428 g/mol. The van der Waals surface area contributed by atoms with Gasteiger partial charge in [-0.25, -0.2) is 0 Å². The Labute approximate surface area is 181 Å². The van der Waals surface area contributed by atoms with E-state index >= 15 is 0 Å². The summed E-state index contributed by atoms with van der Waals surface area (Å²) < 4.78 is 5.11. The van der Waals surface area contributed by atoms with Crippen LogP contribution in [0.15, 0.2) is 36.4 Å². The Kier molecular flexibility index (Phi) is 7.76. The van der Waals surface area contributed by atoms with Gasteiger partial charge in [0.05, 0.1) is 6.42 Å². The van der Waals surface area contributed by atoms with Crippen LogP contribution in [0.25, 0.3) is 0 Å². The van der Waals surface area contributed by atoms with E-state index in [1.807, 2.05) is 38.1 Å². The van der Waals surface area contributed by atoms with Crippen molar-refractivity contribution in [3.63, 3.8) is 0 Å². The molecule has 0 atom stereocenters. The van der Waals surface area contributed by atoms with Crippen LogP contribution >= 0.6 is 11.3 Å². The molecule has 0 N–H and O–H groups in total. The van der Waals surface area contributed by atoms with E-state index in [9.17, 15) is 14.4 Å². The van der Waals surface area contributed by atoms with Gasteiger partial charge >= 0.3 is 5.97 Å². The number of aryl methyl sites for hydroxylation is 2. The van der Waals surface area contributed by atoms with Crippen LogP contribution in [-0.4, -0.2) is 60.2 Å². The van der Waals surface area contributed by atoms with Crippen LogP contribution in [0.4, 0.5) is 0 Å². The Morgan fingerprint density at radius 2 is 1.70 bits per heavy atom. The molecule has 6 nitrogen and oxygen atoms in total. The third-order valence-electron chi connectivity index (χ3n) is 5.23. The molecular weight excluding hydrogens is 400 g/mol. The van der Waals surface area contributed by atoms with Crippen LogP contribution in [-0.2, 0) is 20.9 Å². The summed E-state index contributed by atoms with van der Waals surface area (Å²) in [5, 5.41) is 0. The molecule has 160 valence electrons. The second-order valence-electron chi connectivity index (χ2n) is 7.55. The average molecular weight is 429 g/mol. The Morgan fingerprint density at radius 1 is 1.00 bits per heavy atom. The first kappa shape index (κ1) is 22.2. The Bertz CT molecular complexity index is 886. The third kappa shape index (κ3) is 6.24. The standard InChI is InChI=1S/C23H28N2O4S/c1-17-14-20(18(2)30-17)21(26)8-9-23(28)29-16-22(27)25-12-10-24(11-13-25)15-19-6-4-3-5-7-19/h3-7,14H,8-13,15-16H2,1-2H3. The molecule has 0 unspecified atom stereocenters. The van der Waals surface area contributed by atoms with Crippen molar-refractivity contribution in [3.05, 3.63) is 57.3 Å². The molecule has 2 aromatic rings. The van der Waals surface area contributed by atoms with Gasteiger partial charge in [-0.3, -0.25) is 19.3 Å². The molecule has 1 amide bonds. The van der Waals surface area contributed by atoms with Gasteiger partial charge in [-0.1, -0.05) is 30.3 Å². The first-order valence-corrected chi connectivity index (χ1v) is 11.0. The van der Waals surface area contributed by atoms with Gasteiger partial charge in [0.25, 0.3) is 5.91 Å². The van der Waals surface area contributed by atoms with E-state index in [0.717, 1.165) is 29.4 Å². The zero-order valence-electron chi connectivity index (χ0n) is 17.6. The Hall–Kier alpha value is -2.51. The minimum atomic E-state index is -0.510. The van der Waals surface area contributed by atoms with Gasteiger partial charge in [0, 0.05) is 54.5 Å². The number of thiophene rings is 1. The highest BCUT2D eigenvalue weighted by molar-refractivity contribution is 7.12.